The van der Waals surface area contributed by atoms with E-state index in [4.69, 9.17) is 4.74 Å². The van der Waals surface area contributed by atoms with Crippen LogP contribution in [0.3, 0.4) is 0 Å². The van der Waals surface area contributed by atoms with E-state index < -0.39 is 12.7 Å². The zero-order valence-electron chi connectivity index (χ0n) is 12.6. The molecule has 4 nitrogen and oxygen atoms in total. The molecule has 0 radical (unpaired) electrons. The minimum absolute atomic E-state index is 0.265. The zero-order chi connectivity index (χ0) is 15.9. The largest absolute Gasteiger partial charge is 0.406 e. The Morgan fingerprint density at radius 3 is 2.57 bits per heavy atom. The molecule has 0 fully saturated rings. The van der Waals surface area contributed by atoms with Crippen LogP contribution in [0.4, 0.5) is 18.3 Å². The molecule has 0 bridgehead atoms. The van der Waals surface area contributed by atoms with Gasteiger partial charge in [0.25, 0.3) is 0 Å². The lowest BCUT2D eigenvalue weighted by molar-refractivity contribution is -0.119. The molecule has 0 aliphatic carbocycles. The molecule has 21 heavy (non-hydrogen) atoms. The number of hydrogen-bond acceptors (Lipinski definition) is 5. The van der Waals surface area contributed by atoms with Crippen LogP contribution in [0.1, 0.15) is 30.8 Å². The fourth-order valence-corrected chi connectivity index (χ4v) is 2.90. The van der Waals surface area contributed by atoms with Crippen LogP contribution in [0.25, 0.3) is 0 Å². The van der Waals surface area contributed by atoms with Gasteiger partial charge in [-0.2, -0.15) is 13.2 Å². The topological polar surface area (TPSA) is 37.4 Å². The van der Waals surface area contributed by atoms with Crippen molar-refractivity contribution in [2.75, 3.05) is 31.6 Å². The Morgan fingerprint density at radius 1 is 1.33 bits per heavy atom. The van der Waals surface area contributed by atoms with E-state index in [-0.39, 0.29) is 6.54 Å². The smallest absolute Gasteiger partial charge is 0.378 e. The highest BCUT2D eigenvalue weighted by Crippen LogP contribution is 2.29. The summed E-state index contributed by atoms with van der Waals surface area (Å²) in [5.41, 5.74) is 0.710. The van der Waals surface area contributed by atoms with Gasteiger partial charge < -0.3 is 15.0 Å². The zero-order valence-corrected chi connectivity index (χ0v) is 13.4. The second kappa shape index (κ2) is 8.55. The minimum atomic E-state index is -4.23. The summed E-state index contributed by atoms with van der Waals surface area (Å²) >= 11 is 1.30. The van der Waals surface area contributed by atoms with Crippen molar-refractivity contribution >= 4 is 16.5 Å². The average molecular weight is 325 g/mol. The Bertz CT molecular complexity index is 423. The fraction of sp³-hybridized carbons (Fsp3) is 0.769. The number of alkyl halides is 3. The molecule has 0 amide bonds. The van der Waals surface area contributed by atoms with E-state index in [2.05, 4.69) is 17.2 Å². The summed E-state index contributed by atoms with van der Waals surface area (Å²) in [5, 5.41) is 3.64. The van der Waals surface area contributed by atoms with E-state index in [9.17, 15) is 13.2 Å². The number of halogens is 3. The van der Waals surface area contributed by atoms with Crippen molar-refractivity contribution in [3.05, 3.63) is 10.6 Å². The summed E-state index contributed by atoms with van der Waals surface area (Å²) in [6.07, 6.45) is -3.23. The van der Waals surface area contributed by atoms with E-state index in [0.29, 0.717) is 24.0 Å². The average Bonchev–Trinajstić information content (AvgIpc) is 2.79. The van der Waals surface area contributed by atoms with Crippen molar-refractivity contribution in [3.8, 4) is 0 Å². The van der Waals surface area contributed by atoms with Gasteiger partial charge in [0.15, 0.2) is 5.13 Å². The number of aromatic nitrogens is 1. The first kappa shape index (κ1) is 18.2. The maximum absolute atomic E-state index is 12.6. The molecule has 0 spiro atoms. The first-order chi connectivity index (χ1) is 9.91. The Balaban J connectivity index is 2.87. The molecule has 122 valence electrons. The molecule has 0 atom stereocenters. The quantitative estimate of drug-likeness (QED) is 0.708. The summed E-state index contributed by atoms with van der Waals surface area (Å²) in [6, 6.07) is 0. The van der Waals surface area contributed by atoms with Gasteiger partial charge in [0, 0.05) is 25.1 Å². The van der Waals surface area contributed by atoms with Gasteiger partial charge in [0.1, 0.15) is 6.54 Å². The van der Waals surface area contributed by atoms with Crippen molar-refractivity contribution in [2.45, 2.75) is 39.6 Å². The standard InChI is InChI=1S/C13H22F3N3OS/c1-4-6-17-7-11-10(8-20-3)18-12(21-11)19(5-2)9-13(14,15)16/h17H,4-9H2,1-3H3. The summed E-state index contributed by atoms with van der Waals surface area (Å²) in [7, 11) is 1.55. The number of rotatable bonds is 9. The maximum Gasteiger partial charge on any atom is 0.406 e. The Morgan fingerprint density at radius 2 is 2.05 bits per heavy atom. The third-order valence-corrected chi connectivity index (χ3v) is 3.94. The molecule has 0 aliphatic heterocycles. The van der Waals surface area contributed by atoms with E-state index in [1.807, 2.05) is 0 Å². The first-order valence-electron chi connectivity index (χ1n) is 6.91. The summed E-state index contributed by atoms with van der Waals surface area (Å²) < 4.78 is 42.8. The predicted octanol–water partition coefficient (Wildman–Crippen LogP) is 3.18. The van der Waals surface area contributed by atoms with Gasteiger partial charge in [-0.1, -0.05) is 6.92 Å². The second-order valence-corrected chi connectivity index (χ2v) is 5.67. The Hall–Kier alpha value is -0.860. The third-order valence-electron chi connectivity index (χ3n) is 2.78. The molecule has 1 aromatic heterocycles. The summed E-state index contributed by atoms with van der Waals surface area (Å²) in [4.78, 5) is 6.49. The molecule has 0 aliphatic rings. The van der Waals surface area contributed by atoms with Gasteiger partial charge in [0.2, 0.25) is 0 Å². The van der Waals surface area contributed by atoms with E-state index in [1.54, 1.807) is 14.0 Å². The van der Waals surface area contributed by atoms with Gasteiger partial charge in [-0.3, -0.25) is 0 Å². The Labute approximate surface area is 127 Å². The molecule has 1 heterocycles. The van der Waals surface area contributed by atoms with Crippen LogP contribution in [0, 0.1) is 0 Å². The van der Waals surface area contributed by atoms with Crippen LogP contribution >= 0.6 is 11.3 Å². The van der Waals surface area contributed by atoms with Crippen LogP contribution in [-0.4, -0.2) is 37.9 Å². The third kappa shape index (κ3) is 6.19. The highest BCUT2D eigenvalue weighted by Gasteiger charge is 2.31. The van der Waals surface area contributed by atoms with E-state index >= 15 is 0 Å². The normalized spacial score (nSPS) is 11.9. The number of ether oxygens (including phenoxy) is 1. The first-order valence-corrected chi connectivity index (χ1v) is 7.72. The molecular weight excluding hydrogens is 303 g/mol. The summed E-state index contributed by atoms with van der Waals surface area (Å²) in [5.74, 6) is 0. The van der Waals surface area contributed by atoms with Crippen molar-refractivity contribution in [1.29, 1.82) is 0 Å². The predicted molar refractivity (Wildman–Crippen MR) is 78.8 cm³/mol. The van der Waals surface area contributed by atoms with Gasteiger partial charge in [-0.15, -0.1) is 11.3 Å². The SMILES string of the molecule is CCCNCc1sc(N(CC)CC(F)(F)F)nc1COC. The van der Waals surface area contributed by atoms with Crippen molar-refractivity contribution in [1.82, 2.24) is 10.3 Å². The number of anilines is 1. The molecule has 0 aromatic carbocycles. The molecule has 1 N–H and O–H groups in total. The van der Waals surface area contributed by atoms with Gasteiger partial charge in [-0.25, -0.2) is 4.98 Å². The van der Waals surface area contributed by atoms with Crippen molar-refractivity contribution < 1.29 is 17.9 Å². The molecule has 0 saturated heterocycles. The number of hydrogen-bond donors (Lipinski definition) is 1. The molecule has 1 aromatic rings. The fourth-order valence-electron chi connectivity index (χ4n) is 1.80. The maximum atomic E-state index is 12.6. The minimum Gasteiger partial charge on any atom is -0.378 e. The number of thiazole rings is 1. The van der Waals surface area contributed by atoms with Gasteiger partial charge in [0.05, 0.1) is 12.3 Å². The molecule has 8 heteroatoms. The lowest BCUT2D eigenvalue weighted by Crippen LogP contribution is -2.34. The Kier molecular flexibility index (Phi) is 7.41. The van der Waals surface area contributed by atoms with E-state index in [0.717, 1.165) is 17.8 Å². The number of nitrogens with one attached hydrogen (secondary N) is 1. The van der Waals surface area contributed by atoms with Crippen LogP contribution in [-0.2, 0) is 17.9 Å². The van der Waals surface area contributed by atoms with Crippen LogP contribution < -0.4 is 10.2 Å². The summed E-state index contributed by atoms with van der Waals surface area (Å²) in [6.45, 7) is 4.81. The highest BCUT2D eigenvalue weighted by atomic mass is 32.1. The lowest BCUT2D eigenvalue weighted by atomic mass is 10.3. The molecule has 1 rings (SSSR count). The molecule has 0 saturated carbocycles. The van der Waals surface area contributed by atoms with E-state index in [1.165, 1.54) is 16.2 Å². The second-order valence-electron chi connectivity index (χ2n) is 4.61. The monoisotopic (exact) mass is 325 g/mol. The molecule has 0 unspecified atom stereocenters. The van der Waals surface area contributed by atoms with Crippen LogP contribution in [0.5, 0.6) is 0 Å². The number of methoxy groups -OCH3 is 1. The van der Waals surface area contributed by atoms with Gasteiger partial charge >= 0.3 is 6.18 Å². The lowest BCUT2D eigenvalue weighted by Gasteiger charge is -2.21. The van der Waals surface area contributed by atoms with Gasteiger partial charge in [-0.05, 0) is 19.9 Å². The highest BCUT2D eigenvalue weighted by molar-refractivity contribution is 7.15. The van der Waals surface area contributed by atoms with Crippen LogP contribution in [0.15, 0.2) is 0 Å². The van der Waals surface area contributed by atoms with Crippen LogP contribution in [0.2, 0.25) is 0 Å². The molecular formula is C13H22F3N3OS. The number of nitrogens with zero attached hydrogens (tertiary/aromatic N) is 2. The van der Waals surface area contributed by atoms with Crippen molar-refractivity contribution in [3.63, 3.8) is 0 Å². The van der Waals surface area contributed by atoms with Crippen molar-refractivity contribution in [2.24, 2.45) is 0 Å².